The van der Waals surface area contributed by atoms with Gasteiger partial charge < -0.3 is 9.52 Å². The van der Waals surface area contributed by atoms with E-state index in [1.165, 1.54) is 6.07 Å². The highest BCUT2D eigenvalue weighted by atomic mass is 16.4. The highest BCUT2D eigenvalue weighted by Gasteiger charge is 2.12. The molecule has 0 bridgehead atoms. The fourth-order valence-electron chi connectivity index (χ4n) is 2.17. The predicted molar refractivity (Wildman–Crippen MR) is 74.3 cm³/mol. The van der Waals surface area contributed by atoms with Gasteiger partial charge in [-0.05, 0) is 23.6 Å². The van der Waals surface area contributed by atoms with Gasteiger partial charge in [0.05, 0.1) is 0 Å². The van der Waals surface area contributed by atoms with Gasteiger partial charge >= 0.3 is 5.63 Å². The van der Waals surface area contributed by atoms with Crippen molar-refractivity contribution < 1.29 is 9.52 Å². The van der Waals surface area contributed by atoms with Gasteiger partial charge in [0.2, 0.25) is 0 Å². The van der Waals surface area contributed by atoms with Crippen molar-refractivity contribution in [3.8, 4) is 16.9 Å². The van der Waals surface area contributed by atoms with Gasteiger partial charge in [0.25, 0.3) is 0 Å². The van der Waals surface area contributed by atoms with Crippen LogP contribution >= 0.6 is 0 Å². The maximum atomic E-state index is 11.7. The number of phenolic OH excluding ortho intramolecular Hbond substituents is 1. The van der Waals surface area contributed by atoms with E-state index in [4.69, 9.17) is 4.42 Å². The molecule has 1 heterocycles. The molecule has 3 aromatic rings. The van der Waals surface area contributed by atoms with Crippen LogP contribution in [-0.2, 0) is 0 Å². The van der Waals surface area contributed by atoms with E-state index >= 15 is 0 Å². The van der Waals surface area contributed by atoms with E-state index in [0.29, 0.717) is 5.56 Å². The number of aromatic hydroxyl groups is 1. The van der Waals surface area contributed by atoms with Gasteiger partial charge in [-0.2, -0.15) is 0 Å². The number of rotatable bonds is 1. The Morgan fingerprint density at radius 3 is 2.53 bits per heavy atom. The van der Waals surface area contributed by atoms with Crippen LogP contribution in [0.3, 0.4) is 0 Å². The second kappa shape index (κ2) is 4.28. The van der Waals surface area contributed by atoms with Gasteiger partial charge in [-0.25, -0.2) is 4.79 Å². The third-order valence-electron chi connectivity index (χ3n) is 3.17. The molecule has 0 amide bonds. The van der Waals surface area contributed by atoms with E-state index in [1.54, 1.807) is 6.92 Å². The average molecular weight is 252 g/mol. The normalized spacial score (nSPS) is 10.8. The topological polar surface area (TPSA) is 50.4 Å². The molecule has 1 N–H and O–H groups in total. The fourth-order valence-corrected chi connectivity index (χ4v) is 2.17. The monoisotopic (exact) mass is 252 g/mol. The van der Waals surface area contributed by atoms with Gasteiger partial charge in [-0.15, -0.1) is 0 Å². The molecule has 0 spiro atoms. The van der Waals surface area contributed by atoms with E-state index in [2.05, 4.69) is 0 Å². The van der Waals surface area contributed by atoms with E-state index in [-0.39, 0.29) is 11.3 Å². The Balaban J connectivity index is 2.44. The summed E-state index contributed by atoms with van der Waals surface area (Å²) < 4.78 is 5.13. The quantitative estimate of drug-likeness (QED) is 0.674. The largest absolute Gasteiger partial charge is 0.504 e. The lowest BCUT2D eigenvalue weighted by Gasteiger charge is -2.08. The van der Waals surface area contributed by atoms with Crippen molar-refractivity contribution in [3.05, 3.63) is 64.5 Å². The first-order valence-electron chi connectivity index (χ1n) is 5.98. The number of hydrogen-bond donors (Lipinski definition) is 1. The molecule has 3 heteroatoms. The van der Waals surface area contributed by atoms with E-state index in [0.717, 1.165) is 16.5 Å². The Kier molecular flexibility index (Phi) is 2.60. The second-order valence-electron chi connectivity index (χ2n) is 4.45. The zero-order valence-electron chi connectivity index (χ0n) is 10.4. The molecule has 19 heavy (non-hydrogen) atoms. The highest BCUT2D eigenvalue weighted by molar-refractivity contribution is 5.96. The summed E-state index contributed by atoms with van der Waals surface area (Å²) in [6.45, 7) is 1.77. The van der Waals surface area contributed by atoms with Crippen molar-refractivity contribution in [3.63, 3.8) is 0 Å². The molecule has 1 aromatic heterocycles. The summed E-state index contributed by atoms with van der Waals surface area (Å²) >= 11 is 0. The predicted octanol–water partition coefficient (Wildman–Crippen LogP) is 3.47. The minimum absolute atomic E-state index is 0.0207. The van der Waals surface area contributed by atoms with Crippen molar-refractivity contribution in [1.82, 2.24) is 0 Å². The SMILES string of the molecule is Cc1ccc2c(-c3ccccc3)cc(=O)oc2c1O. The van der Waals surface area contributed by atoms with Gasteiger partial charge in [-0.1, -0.05) is 42.5 Å². The lowest BCUT2D eigenvalue weighted by Crippen LogP contribution is -1.98. The number of hydrogen-bond acceptors (Lipinski definition) is 3. The van der Waals surface area contributed by atoms with Crippen LogP contribution in [0.25, 0.3) is 22.1 Å². The molecule has 0 saturated heterocycles. The number of aryl methyl sites for hydroxylation is 1. The lowest BCUT2D eigenvalue weighted by molar-refractivity contribution is 0.453. The Labute approximate surface area is 109 Å². The molecular weight excluding hydrogens is 240 g/mol. The molecule has 0 saturated carbocycles. The standard InChI is InChI=1S/C16H12O3/c1-10-7-8-12-13(11-5-3-2-4-6-11)9-14(17)19-16(12)15(10)18/h2-9,18H,1H3. The minimum atomic E-state index is -0.466. The van der Waals surface area contributed by atoms with Crippen molar-refractivity contribution in [1.29, 1.82) is 0 Å². The molecule has 3 rings (SSSR count). The van der Waals surface area contributed by atoms with Crippen LogP contribution in [0.4, 0.5) is 0 Å². The van der Waals surface area contributed by atoms with Crippen molar-refractivity contribution in [2.45, 2.75) is 6.92 Å². The molecule has 94 valence electrons. The minimum Gasteiger partial charge on any atom is -0.504 e. The summed E-state index contributed by atoms with van der Waals surface area (Å²) in [5.74, 6) is 0.0207. The Hall–Kier alpha value is -2.55. The third-order valence-corrected chi connectivity index (χ3v) is 3.17. The molecular formula is C16H12O3. The summed E-state index contributed by atoms with van der Waals surface area (Å²) in [4.78, 5) is 11.7. The van der Waals surface area contributed by atoms with Crippen molar-refractivity contribution >= 4 is 11.0 Å². The van der Waals surface area contributed by atoms with E-state index in [9.17, 15) is 9.90 Å². The van der Waals surface area contributed by atoms with Gasteiger partial charge in [0.15, 0.2) is 11.3 Å². The third kappa shape index (κ3) is 1.89. The van der Waals surface area contributed by atoms with Crippen molar-refractivity contribution in [2.24, 2.45) is 0 Å². The maximum absolute atomic E-state index is 11.7. The zero-order chi connectivity index (χ0) is 13.4. The molecule has 0 fully saturated rings. The maximum Gasteiger partial charge on any atom is 0.336 e. The van der Waals surface area contributed by atoms with Crippen LogP contribution in [-0.4, -0.2) is 5.11 Å². The van der Waals surface area contributed by atoms with Gasteiger partial charge in [0.1, 0.15) is 0 Å². The molecule has 2 aromatic carbocycles. The van der Waals surface area contributed by atoms with Crippen LogP contribution in [0, 0.1) is 6.92 Å². The first kappa shape index (κ1) is 11.5. The molecule has 0 unspecified atom stereocenters. The van der Waals surface area contributed by atoms with Crippen LogP contribution in [0.1, 0.15) is 5.56 Å². The number of phenols is 1. The molecule has 3 nitrogen and oxygen atoms in total. The first-order chi connectivity index (χ1) is 9.16. The molecule has 0 atom stereocenters. The number of fused-ring (bicyclic) bond motifs is 1. The summed E-state index contributed by atoms with van der Waals surface area (Å²) in [5.41, 5.74) is 2.14. The lowest BCUT2D eigenvalue weighted by atomic mass is 10.0. The van der Waals surface area contributed by atoms with Gasteiger partial charge in [0, 0.05) is 11.5 Å². The summed E-state index contributed by atoms with van der Waals surface area (Å²) in [6, 6.07) is 14.7. The van der Waals surface area contributed by atoms with Crippen LogP contribution in [0.2, 0.25) is 0 Å². The Bertz CT molecular complexity index is 801. The Morgan fingerprint density at radius 2 is 1.79 bits per heavy atom. The summed E-state index contributed by atoms with van der Waals surface area (Å²) in [6.07, 6.45) is 0. The number of benzene rings is 2. The van der Waals surface area contributed by atoms with Gasteiger partial charge in [-0.3, -0.25) is 0 Å². The average Bonchev–Trinajstić information content (AvgIpc) is 2.44. The molecule has 0 aliphatic rings. The van der Waals surface area contributed by atoms with Crippen LogP contribution in [0.15, 0.2) is 57.7 Å². The fraction of sp³-hybridized carbons (Fsp3) is 0.0625. The Morgan fingerprint density at radius 1 is 1.05 bits per heavy atom. The molecule has 0 aliphatic carbocycles. The zero-order valence-corrected chi connectivity index (χ0v) is 10.4. The molecule has 0 aliphatic heterocycles. The molecule has 0 radical (unpaired) electrons. The smallest absolute Gasteiger partial charge is 0.336 e. The summed E-state index contributed by atoms with van der Waals surface area (Å²) in [7, 11) is 0. The van der Waals surface area contributed by atoms with Crippen molar-refractivity contribution in [2.75, 3.05) is 0 Å². The first-order valence-corrected chi connectivity index (χ1v) is 5.98. The van der Waals surface area contributed by atoms with E-state index < -0.39 is 5.63 Å². The second-order valence-corrected chi connectivity index (χ2v) is 4.45. The van der Waals surface area contributed by atoms with Crippen LogP contribution < -0.4 is 5.63 Å². The van der Waals surface area contributed by atoms with Crippen LogP contribution in [0.5, 0.6) is 5.75 Å². The summed E-state index contributed by atoms with van der Waals surface area (Å²) in [5, 5.41) is 10.8. The van der Waals surface area contributed by atoms with E-state index in [1.807, 2.05) is 42.5 Å². The highest BCUT2D eigenvalue weighted by Crippen LogP contribution is 2.33.